The van der Waals surface area contributed by atoms with Crippen LogP contribution >= 0.6 is 0 Å². The largest absolute Gasteiger partial charge is 0.352 e. The third-order valence-electron chi connectivity index (χ3n) is 4.93. The molecule has 3 rings (SSSR count). The topological polar surface area (TPSA) is 49.4 Å². The van der Waals surface area contributed by atoms with Crippen molar-refractivity contribution in [3.05, 3.63) is 70.8 Å². The number of carbonyl (C=O) groups is 2. The molecule has 0 bridgehead atoms. The van der Waals surface area contributed by atoms with Gasteiger partial charge in [-0.1, -0.05) is 47.5 Å². The smallest absolute Gasteiger partial charge is 0.253 e. The van der Waals surface area contributed by atoms with Crippen molar-refractivity contribution < 1.29 is 9.59 Å². The van der Waals surface area contributed by atoms with Crippen LogP contribution < -0.4 is 5.32 Å². The normalized spacial score (nSPS) is 17.0. The summed E-state index contributed by atoms with van der Waals surface area (Å²) in [6.07, 6.45) is 1.69. The summed E-state index contributed by atoms with van der Waals surface area (Å²) in [5.74, 6) is -0.0861. The lowest BCUT2D eigenvalue weighted by atomic mass is 9.96. The van der Waals surface area contributed by atoms with Crippen molar-refractivity contribution in [1.82, 2.24) is 10.2 Å². The highest BCUT2D eigenvalue weighted by Crippen LogP contribution is 2.19. The Labute approximate surface area is 155 Å². The lowest BCUT2D eigenvalue weighted by molar-refractivity contribution is -0.126. The minimum atomic E-state index is -0.136. The molecular formula is C22H26N2O2. The predicted octanol–water partition coefficient (Wildman–Crippen LogP) is 3.47. The molecule has 1 unspecified atom stereocenters. The molecule has 2 aromatic rings. The van der Waals surface area contributed by atoms with Gasteiger partial charge in [0.25, 0.3) is 5.91 Å². The number of rotatable bonds is 4. The molecule has 1 N–H and O–H groups in total. The highest BCUT2D eigenvalue weighted by atomic mass is 16.2. The van der Waals surface area contributed by atoms with Crippen LogP contribution in [0.25, 0.3) is 0 Å². The SMILES string of the molecule is Cc1ccc(C(=O)N2CCCC(C(=O)NCc3cccc(C)c3)C2)cc1. The Morgan fingerprint density at radius 3 is 2.58 bits per heavy atom. The van der Waals surface area contributed by atoms with Crippen molar-refractivity contribution >= 4 is 11.8 Å². The lowest BCUT2D eigenvalue weighted by Crippen LogP contribution is -2.45. The highest BCUT2D eigenvalue weighted by molar-refractivity contribution is 5.94. The number of carbonyl (C=O) groups excluding carboxylic acids is 2. The summed E-state index contributed by atoms with van der Waals surface area (Å²) in [4.78, 5) is 27.1. The molecule has 136 valence electrons. The summed E-state index contributed by atoms with van der Waals surface area (Å²) in [5, 5.41) is 3.03. The number of aryl methyl sites for hydroxylation is 2. The van der Waals surface area contributed by atoms with Gasteiger partial charge in [0.05, 0.1) is 5.92 Å². The van der Waals surface area contributed by atoms with Crippen LogP contribution in [0.5, 0.6) is 0 Å². The maximum absolute atomic E-state index is 12.7. The molecule has 1 aliphatic heterocycles. The van der Waals surface area contributed by atoms with Crippen LogP contribution in [0.1, 0.15) is 39.9 Å². The van der Waals surface area contributed by atoms with E-state index in [9.17, 15) is 9.59 Å². The summed E-state index contributed by atoms with van der Waals surface area (Å²) in [5.41, 5.74) is 4.11. The molecule has 0 radical (unpaired) electrons. The van der Waals surface area contributed by atoms with E-state index < -0.39 is 0 Å². The number of nitrogens with zero attached hydrogens (tertiary/aromatic N) is 1. The first-order valence-electron chi connectivity index (χ1n) is 9.22. The summed E-state index contributed by atoms with van der Waals surface area (Å²) in [7, 11) is 0. The second-order valence-electron chi connectivity index (χ2n) is 7.16. The quantitative estimate of drug-likeness (QED) is 0.918. The lowest BCUT2D eigenvalue weighted by Gasteiger charge is -2.32. The molecule has 2 amide bonds. The first-order valence-corrected chi connectivity index (χ1v) is 9.22. The van der Waals surface area contributed by atoms with Crippen LogP contribution in [0.3, 0.4) is 0 Å². The maximum atomic E-state index is 12.7. The Kier molecular flexibility index (Phi) is 5.71. The fraction of sp³-hybridized carbons (Fsp3) is 0.364. The monoisotopic (exact) mass is 350 g/mol. The molecule has 0 aromatic heterocycles. The molecule has 1 heterocycles. The number of hydrogen-bond donors (Lipinski definition) is 1. The minimum Gasteiger partial charge on any atom is -0.352 e. The van der Waals surface area contributed by atoms with Gasteiger partial charge in [0.15, 0.2) is 0 Å². The van der Waals surface area contributed by atoms with Crippen molar-refractivity contribution in [3.63, 3.8) is 0 Å². The zero-order valence-corrected chi connectivity index (χ0v) is 15.5. The van der Waals surface area contributed by atoms with E-state index in [1.807, 2.05) is 61.2 Å². The van der Waals surface area contributed by atoms with E-state index in [4.69, 9.17) is 0 Å². The average molecular weight is 350 g/mol. The zero-order valence-electron chi connectivity index (χ0n) is 15.5. The second-order valence-corrected chi connectivity index (χ2v) is 7.16. The molecule has 4 nitrogen and oxygen atoms in total. The van der Waals surface area contributed by atoms with E-state index in [0.717, 1.165) is 24.0 Å². The summed E-state index contributed by atoms with van der Waals surface area (Å²) in [6, 6.07) is 15.8. The Balaban J connectivity index is 1.58. The van der Waals surface area contributed by atoms with Gasteiger partial charge in [-0.3, -0.25) is 9.59 Å². The van der Waals surface area contributed by atoms with Gasteiger partial charge < -0.3 is 10.2 Å². The van der Waals surface area contributed by atoms with Crippen molar-refractivity contribution in [2.75, 3.05) is 13.1 Å². The van der Waals surface area contributed by atoms with Crippen LogP contribution in [-0.4, -0.2) is 29.8 Å². The molecule has 0 saturated carbocycles. The number of amides is 2. The molecule has 0 aliphatic carbocycles. The van der Waals surface area contributed by atoms with E-state index >= 15 is 0 Å². The fourth-order valence-corrected chi connectivity index (χ4v) is 3.41. The number of benzene rings is 2. The number of piperidine rings is 1. The van der Waals surface area contributed by atoms with E-state index in [1.165, 1.54) is 5.56 Å². The van der Waals surface area contributed by atoms with E-state index in [0.29, 0.717) is 25.2 Å². The zero-order chi connectivity index (χ0) is 18.5. The Morgan fingerprint density at radius 2 is 1.85 bits per heavy atom. The van der Waals surface area contributed by atoms with Gasteiger partial charge >= 0.3 is 0 Å². The molecule has 1 aliphatic rings. The van der Waals surface area contributed by atoms with Gasteiger partial charge in [0.2, 0.25) is 5.91 Å². The first kappa shape index (κ1) is 18.2. The standard InChI is InChI=1S/C22H26N2O2/c1-16-8-10-19(11-9-16)22(26)24-12-4-7-20(15-24)21(25)23-14-18-6-3-5-17(2)13-18/h3,5-6,8-11,13,20H,4,7,12,14-15H2,1-2H3,(H,23,25). The second kappa shape index (κ2) is 8.17. The summed E-state index contributed by atoms with van der Waals surface area (Å²) < 4.78 is 0. The highest BCUT2D eigenvalue weighted by Gasteiger charge is 2.28. The van der Waals surface area contributed by atoms with Gasteiger partial charge in [0.1, 0.15) is 0 Å². The van der Waals surface area contributed by atoms with Crippen LogP contribution in [-0.2, 0) is 11.3 Å². The molecule has 4 heteroatoms. The van der Waals surface area contributed by atoms with Crippen LogP contribution in [0, 0.1) is 19.8 Å². The third kappa shape index (κ3) is 4.51. The molecule has 26 heavy (non-hydrogen) atoms. The van der Waals surface area contributed by atoms with Crippen LogP contribution in [0.4, 0.5) is 0 Å². The molecule has 2 aromatic carbocycles. The van der Waals surface area contributed by atoms with Crippen molar-refractivity contribution in [1.29, 1.82) is 0 Å². The molecular weight excluding hydrogens is 324 g/mol. The van der Waals surface area contributed by atoms with Gasteiger partial charge in [-0.25, -0.2) is 0 Å². The number of likely N-dealkylation sites (tertiary alicyclic amines) is 1. The van der Waals surface area contributed by atoms with Crippen molar-refractivity contribution in [3.8, 4) is 0 Å². The van der Waals surface area contributed by atoms with Gasteiger partial charge in [-0.15, -0.1) is 0 Å². The van der Waals surface area contributed by atoms with Crippen LogP contribution in [0.2, 0.25) is 0 Å². The van der Waals surface area contributed by atoms with E-state index in [1.54, 1.807) is 0 Å². The average Bonchev–Trinajstić information content (AvgIpc) is 2.66. The first-order chi connectivity index (χ1) is 12.5. The third-order valence-corrected chi connectivity index (χ3v) is 4.93. The Morgan fingerprint density at radius 1 is 1.08 bits per heavy atom. The fourth-order valence-electron chi connectivity index (χ4n) is 3.41. The van der Waals surface area contributed by atoms with Gasteiger partial charge in [-0.05, 0) is 44.4 Å². The Hall–Kier alpha value is -2.62. The molecule has 1 atom stereocenters. The Bertz CT molecular complexity index is 783. The molecule has 1 saturated heterocycles. The van der Waals surface area contributed by atoms with Crippen LogP contribution in [0.15, 0.2) is 48.5 Å². The number of nitrogens with one attached hydrogen (secondary N) is 1. The van der Waals surface area contributed by atoms with Crippen molar-refractivity contribution in [2.45, 2.75) is 33.2 Å². The summed E-state index contributed by atoms with van der Waals surface area (Å²) in [6.45, 7) is 5.79. The van der Waals surface area contributed by atoms with Gasteiger partial charge in [0, 0.05) is 25.2 Å². The minimum absolute atomic E-state index is 0.0150. The van der Waals surface area contributed by atoms with Gasteiger partial charge in [-0.2, -0.15) is 0 Å². The number of hydrogen-bond acceptors (Lipinski definition) is 2. The predicted molar refractivity (Wildman–Crippen MR) is 103 cm³/mol. The molecule has 1 fully saturated rings. The summed E-state index contributed by atoms with van der Waals surface area (Å²) >= 11 is 0. The van der Waals surface area contributed by atoms with E-state index in [-0.39, 0.29) is 17.7 Å². The van der Waals surface area contributed by atoms with E-state index in [2.05, 4.69) is 11.4 Å². The molecule has 0 spiro atoms. The maximum Gasteiger partial charge on any atom is 0.253 e. The van der Waals surface area contributed by atoms with Crippen molar-refractivity contribution in [2.24, 2.45) is 5.92 Å².